The van der Waals surface area contributed by atoms with Crippen LogP contribution in [0.4, 0.5) is 5.69 Å². The highest BCUT2D eigenvalue weighted by Gasteiger charge is 2.38. The van der Waals surface area contributed by atoms with E-state index in [9.17, 15) is 9.59 Å². The van der Waals surface area contributed by atoms with E-state index in [0.29, 0.717) is 28.4 Å². The minimum atomic E-state index is -0.0927. The van der Waals surface area contributed by atoms with Crippen molar-refractivity contribution in [3.8, 4) is 0 Å². The predicted molar refractivity (Wildman–Crippen MR) is 129 cm³/mol. The second-order valence-electron chi connectivity index (χ2n) is 8.95. The van der Waals surface area contributed by atoms with Crippen LogP contribution in [0.1, 0.15) is 54.9 Å². The fourth-order valence-electron chi connectivity index (χ4n) is 4.56. The molecule has 2 fully saturated rings. The molecule has 1 heterocycles. The molecule has 1 saturated heterocycles. The molecular formula is C26H32ClN3O2. The minimum Gasteiger partial charge on any atom is -0.333 e. The molecule has 2 amide bonds. The average Bonchev–Trinajstić information content (AvgIpc) is 3.62. The van der Waals surface area contributed by atoms with E-state index in [1.165, 1.54) is 6.42 Å². The van der Waals surface area contributed by atoms with Gasteiger partial charge in [-0.2, -0.15) is 0 Å². The molecule has 1 N–H and O–H groups in total. The normalized spacial score (nSPS) is 17.2. The Morgan fingerprint density at radius 3 is 2.19 bits per heavy atom. The summed E-state index contributed by atoms with van der Waals surface area (Å²) in [5.74, 6) is 0.0327. The fraction of sp³-hybridized carbons (Fsp3) is 0.462. The van der Waals surface area contributed by atoms with E-state index in [-0.39, 0.29) is 18.2 Å². The number of rotatable bonds is 8. The molecule has 0 radical (unpaired) electrons. The molecule has 0 bridgehead atoms. The Kier molecular flexibility index (Phi) is 7.48. The fourth-order valence-corrected chi connectivity index (χ4v) is 4.68. The molecule has 1 saturated carbocycles. The Bertz CT molecular complexity index is 917. The molecule has 2 aliphatic rings. The van der Waals surface area contributed by atoms with Gasteiger partial charge in [0.15, 0.2) is 0 Å². The highest BCUT2D eigenvalue weighted by molar-refractivity contribution is 6.30. The lowest BCUT2D eigenvalue weighted by molar-refractivity contribution is -0.115. The minimum absolute atomic E-state index is 0.0927. The van der Waals surface area contributed by atoms with Crippen LogP contribution in [-0.4, -0.2) is 53.3 Å². The van der Waals surface area contributed by atoms with Crippen LogP contribution in [0.2, 0.25) is 5.02 Å². The second-order valence-corrected chi connectivity index (χ2v) is 9.38. The molecule has 0 spiro atoms. The Balaban J connectivity index is 1.35. The van der Waals surface area contributed by atoms with E-state index in [1.807, 2.05) is 36.4 Å². The molecule has 2 aromatic carbocycles. The van der Waals surface area contributed by atoms with Gasteiger partial charge in [-0.15, -0.1) is 0 Å². The lowest BCUT2D eigenvalue weighted by atomic mass is 10.0. The van der Waals surface area contributed by atoms with Gasteiger partial charge in [0.25, 0.3) is 5.91 Å². The summed E-state index contributed by atoms with van der Waals surface area (Å²) in [4.78, 5) is 30.4. The number of piperidine rings is 1. The van der Waals surface area contributed by atoms with Crippen molar-refractivity contribution in [3.05, 3.63) is 64.7 Å². The summed E-state index contributed by atoms with van der Waals surface area (Å²) in [7, 11) is 0. The van der Waals surface area contributed by atoms with Crippen molar-refractivity contribution in [2.45, 2.75) is 57.5 Å². The number of carbonyl (C=O) groups excluding carboxylic acids is 2. The third-order valence-corrected chi connectivity index (χ3v) is 6.61. The van der Waals surface area contributed by atoms with Crippen molar-refractivity contribution in [3.63, 3.8) is 0 Å². The maximum Gasteiger partial charge on any atom is 0.254 e. The summed E-state index contributed by atoms with van der Waals surface area (Å²) in [6, 6.07) is 15.3. The quantitative estimate of drug-likeness (QED) is 0.611. The molecule has 4 rings (SSSR count). The SMILES string of the molecule is CCCN1CCC(N(C(=O)c2ccc(NC(=O)Cc3ccc(Cl)cc3)cc2)C2CC2)CC1. The van der Waals surface area contributed by atoms with Gasteiger partial charge in [0, 0.05) is 41.4 Å². The van der Waals surface area contributed by atoms with Crippen molar-refractivity contribution in [2.24, 2.45) is 0 Å². The zero-order valence-corrected chi connectivity index (χ0v) is 19.5. The van der Waals surface area contributed by atoms with Crippen molar-refractivity contribution < 1.29 is 9.59 Å². The van der Waals surface area contributed by atoms with E-state index in [1.54, 1.807) is 12.1 Å². The molecule has 170 valence electrons. The van der Waals surface area contributed by atoms with Crippen molar-refractivity contribution in [2.75, 3.05) is 25.0 Å². The first-order valence-corrected chi connectivity index (χ1v) is 12.1. The van der Waals surface area contributed by atoms with Gasteiger partial charge < -0.3 is 15.1 Å². The Morgan fingerprint density at radius 2 is 1.59 bits per heavy atom. The van der Waals surface area contributed by atoms with Gasteiger partial charge in [-0.25, -0.2) is 0 Å². The van der Waals surface area contributed by atoms with E-state index >= 15 is 0 Å². The average molecular weight is 454 g/mol. The molecule has 6 heteroatoms. The molecule has 1 aliphatic heterocycles. The number of halogens is 1. The number of hydrogen-bond donors (Lipinski definition) is 1. The van der Waals surface area contributed by atoms with Gasteiger partial charge in [-0.1, -0.05) is 30.7 Å². The highest BCUT2D eigenvalue weighted by atomic mass is 35.5. The van der Waals surface area contributed by atoms with Crippen LogP contribution in [0.5, 0.6) is 0 Å². The maximum absolute atomic E-state index is 13.3. The molecule has 1 aliphatic carbocycles. The van der Waals surface area contributed by atoms with Crippen LogP contribution in [-0.2, 0) is 11.2 Å². The number of nitrogens with zero attached hydrogens (tertiary/aromatic N) is 2. The highest BCUT2D eigenvalue weighted by Crippen LogP contribution is 2.33. The number of nitrogens with one attached hydrogen (secondary N) is 1. The Labute approximate surface area is 195 Å². The first kappa shape index (κ1) is 22.8. The third kappa shape index (κ3) is 5.90. The lowest BCUT2D eigenvalue weighted by Crippen LogP contribution is -2.48. The smallest absolute Gasteiger partial charge is 0.254 e. The van der Waals surface area contributed by atoms with Gasteiger partial charge >= 0.3 is 0 Å². The summed E-state index contributed by atoms with van der Waals surface area (Å²) in [6.07, 6.45) is 5.80. The number of hydrogen-bond acceptors (Lipinski definition) is 3. The maximum atomic E-state index is 13.3. The monoisotopic (exact) mass is 453 g/mol. The van der Waals surface area contributed by atoms with Crippen LogP contribution >= 0.6 is 11.6 Å². The summed E-state index contributed by atoms with van der Waals surface area (Å²) in [5.41, 5.74) is 2.30. The number of carbonyl (C=O) groups is 2. The molecule has 0 unspecified atom stereocenters. The first-order chi connectivity index (χ1) is 15.5. The Morgan fingerprint density at radius 1 is 0.969 bits per heavy atom. The number of anilines is 1. The van der Waals surface area contributed by atoms with Gasteiger partial charge in [-0.05, 0) is 80.6 Å². The summed E-state index contributed by atoms with van der Waals surface area (Å²) >= 11 is 5.90. The van der Waals surface area contributed by atoms with Crippen LogP contribution in [0, 0.1) is 0 Å². The second kappa shape index (κ2) is 10.5. The zero-order valence-electron chi connectivity index (χ0n) is 18.7. The van der Waals surface area contributed by atoms with E-state index in [2.05, 4.69) is 22.0 Å². The summed E-state index contributed by atoms with van der Waals surface area (Å²) in [6.45, 7) is 5.52. The topological polar surface area (TPSA) is 52.6 Å². The van der Waals surface area contributed by atoms with Gasteiger partial charge in [0.05, 0.1) is 6.42 Å². The molecule has 0 atom stereocenters. The Hall–Kier alpha value is -2.37. The number of amides is 2. The van der Waals surface area contributed by atoms with Crippen LogP contribution in [0.25, 0.3) is 0 Å². The van der Waals surface area contributed by atoms with E-state index in [4.69, 9.17) is 11.6 Å². The van der Waals surface area contributed by atoms with Gasteiger partial charge in [0.1, 0.15) is 0 Å². The molecule has 5 nitrogen and oxygen atoms in total. The standard InChI is InChI=1S/C26H32ClN3O2/c1-2-15-29-16-13-24(14-17-29)30(23-11-12-23)26(32)20-5-9-22(10-6-20)28-25(31)18-19-3-7-21(27)8-4-19/h3-10,23-24H,2,11-18H2,1H3,(H,28,31). The molecule has 2 aromatic rings. The van der Waals surface area contributed by atoms with Crippen LogP contribution in [0.15, 0.2) is 48.5 Å². The van der Waals surface area contributed by atoms with E-state index in [0.717, 1.165) is 50.9 Å². The summed E-state index contributed by atoms with van der Waals surface area (Å²) in [5, 5.41) is 3.57. The summed E-state index contributed by atoms with van der Waals surface area (Å²) < 4.78 is 0. The number of likely N-dealkylation sites (tertiary alicyclic amines) is 1. The van der Waals surface area contributed by atoms with Gasteiger partial charge in [0.2, 0.25) is 5.91 Å². The third-order valence-electron chi connectivity index (χ3n) is 6.36. The zero-order chi connectivity index (χ0) is 22.5. The van der Waals surface area contributed by atoms with Crippen LogP contribution in [0.3, 0.4) is 0 Å². The van der Waals surface area contributed by atoms with Crippen LogP contribution < -0.4 is 5.32 Å². The van der Waals surface area contributed by atoms with Gasteiger partial charge in [-0.3, -0.25) is 9.59 Å². The predicted octanol–water partition coefficient (Wildman–Crippen LogP) is 5.00. The first-order valence-electron chi connectivity index (χ1n) is 11.7. The number of benzene rings is 2. The molecule has 32 heavy (non-hydrogen) atoms. The molecule has 0 aromatic heterocycles. The van der Waals surface area contributed by atoms with E-state index < -0.39 is 0 Å². The molecular weight excluding hydrogens is 422 g/mol. The van der Waals surface area contributed by atoms with Crippen molar-refractivity contribution >= 4 is 29.1 Å². The van der Waals surface area contributed by atoms with Crippen molar-refractivity contribution in [1.82, 2.24) is 9.80 Å². The lowest BCUT2D eigenvalue weighted by Gasteiger charge is -2.39. The largest absolute Gasteiger partial charge is 0.333 e. The van der Waals surface area contributed by atoms with Crippen molar-refractivity contribution in [1.29, 1.82) is 0 Å².